The van der Waals surface area contributed by atoms with E-state index in [0.29, 0.717) is 12.2 Å². The van der Waals surface area contributed by atoms with Crippen molar-refractivity contribution in [3.63, 3.8) is 0 Å². The van der Waals surface area contributed by atoms with Crippen molar-refractivity contribution in [1.29, 1.82) is 5.41 Å². The van der Waals surface area contributed by atoms with Crippen molar-refractivity contribution in [2.45, 2.75) is 13.8 Å². The molecule has 0 saturated carbocycles. The van der Waals surface area contributed by atoms with Crippen molar-refractivity contribution in [1.82, 2.24) is 5.32 Å². The van der Waals surface area contributed by atoms with Crippen molar-refractivity contribution in [3.05, 3.63) is 35.4 Å². The largest absolute Gasteiger partial charge is 0.450 e. The predicted molar refractivity (Wildman–Crippen MR) is 57.0 cm³/mol. The third-order valence-corrected chi connectivity index (χ3v) is 1.74. The first-order chi connectivity index (χ1) is 7.13. The van der Waals surface area contributed by atoms with Crippen molar-refractivity contribution < 1.29 is 9.53 Å². The second-order valence-electron chi connectivity index (χ2n) is 2.98. The van der Waals surface area contributed by atoms with E-state index in [-0.39, 0.29) is 5.84 Å². The highest BCUT2D eigenvalue weighted by molar-refractivity contribution is 6.04. The van der Waals surface area contributed by atoms with E-state index in [2.05, 4.69) is 16.1 Å². The molecule has 2 N–H and O–H groups in total. The molecule has 1 rings (SSSR count). The molecule has 0 aliphatic heterocycles. The minimum atomic E-state index is -0.604. The summed E-state index contributed by atoms with van der Waals surface area (Å²) < 4.78 is 4.67. The van der Waals surface area contributed by atoms with Gasteiger partial charge in [-0.3, -0.25) is 10.7 Å². The van der Waals surface area contributed by atoms with Gasteiger partial charge in [-0.2, -0.15) is 0 Å². The van der Waals surface area contributed by atoms with Crippen LogP contribution in [-0.2, 0) is 4.74 Å². The number of nitrogens with one attached hydrogen (secondary N) is 2. The van der Waals surface area contributed by atoms with E-state index in [4.69, 9.17) is 5.41 Å². The number of carbonyl (C=O) groups is 1. The van der Waals surface area contributed by atoms with E-state index in [0.717, 1.165) is 5.56 Å². The monoisotopic (exact) mass is 205 g/mol. The Balaban J connectivity index is 2.65. The molecular weight excluding hydrogens is 192 g/mol. The standard InChI is InChI=1S/C11H13N2O2/c1-3-15-11(14)13-10(12)9-6-4-5-8(2)7-9/h4,6-7H,3H2,1-2H3,(H2,12,13,14). The van der Waals surface area contributed by atoms with Gasteiger partial charge < -0.3 is 4.74 Å². The highest BCUT2D eigenvalue weighted by atomic mass is 16.5. The van der Waals surface area contributed by atoms with Crippen LogP contribution < -0.4 is 5.32 Å². The normalized spacial score (nSPS) is 9.47. The molecule has 0 aliphatic carbocycles. The SMILES string of the molecule is CCOC(=O)NC(=N)c1cc[c]c(C)c1. The zero-order chi connectivity index (χ0) is 11.3. The van der Waals surface area contributed by atoms with Crippen LogP contribution in [-0.4, -0.2) is 18.5 Å². The smallest absolute Gasteiger partial charge is 0.412 e. The fourth-order valence-electron chi connectivity index (χ4n) is 1.08. The number of hydrogen-bond acceptors (Lipinski definition) is 3. The third kappa shape index (κ3) is 3.42. The van der Waals surface area contributed by atoms with Crippen molar-refractivity contribution in [2.75, 3.05) is 6.61 Å². The Morgan fingerprint density at radius 2 is 2.40 bits per heavy atom. The van der Waals surface area contributed by atoms with Crippen LogP contribution in [0.1, 0.15) is 18.1 Å². The van der Waals surface area contributed by atoms with Crippen molar-refractivity contribution >= 4 is 11.9 Å². The molecule has 0 heterocycles. The fourth-order valence-corrected chi connectivity index (χ4v) is 1.08. The van der Waals surface area contributed by atoms with E-state index in [9.17, 15) is 4.79 Å². The Labute approximate surface area is 88.8 Å². The van der Waals surface area contributed by atoms with Crippen LogP contribution in [0.2, 0.25) is 0 Å². The lowest BCUT2D eigenvalue weighted by Crippen LogP contribution is -2.31. The molecule has 0 bridgehead atoms. The molecule has 0 spiro atoms. The van der Waals surface area contributed by atoms with E-state index >= 15 is 0 Å². The van der Waals surface area contributed by atoms with E-state index in [1.165, 1.54) is 0 Å². The van der Waals surface area contributed by atoms with Gasteiger partial charge in [0, 0.05) is 5.56 Å². The van der Waals surface area contributed by atoms with Crippen LogP contribution in [0, 0.1) is 18.4 Å². The Kier molecular flexibility index (Phi) is 3.85. The number of carbonyl (C=O) groups excluding carboxylic acids is 1. The van der Waals surface area contributed by atoms with Gasteiger partial charge >= 0.3 is 6.09 Å². The first kappa shape index (κ1) is 11.2. The third-order valence-electron chi connectivity index (χ3n) is 1.74. The molecule has 15 heavy (non-hydrogen) atoms. The fraction of sp³-hybridized carbons (Fsp3) is 0.273. The summed E-state index contributed by atoms with van der Waals surface area (Å²) in [7, 11) is 0. The van der Waals surface area contributed by atoms with Gasteiger partial charge in [0.15, 0.2) is 0 Å². The lowest BCUT2D eigenvalue weighted by molar-refractivity contribution is 0.158. The summed E-state index contributed by atoms with van der Waals surface area (Å²) in [5.41, 5.74) is 1.56. The Morgan fingerprint density at radius 1 is 1.67 bits per heavy atom. The highest BCUT2D eigenvalue weighted by Crippen LogP contribution is 2.02. The van der Waals surface area contributed by atoms with Gasteiger partial charge in [-0.1, -0.05) is 12.1 Å². The Morgan fingerprint density at radius 3 is 3.00 bits per heavy atom. The molecule has 1 aromatic carbocycles. The second-order valence-corrected chi connectivity index (χ2v) is 2.98. The number of amidine groups is 1. The maximum atomic E-state index is 11.0. The van der Waals surface area contributed by atoms with Gasteiger partial charge in [0.05, 0.1) is 6.61 Å². The lowest BCUT2D eigenvalue weighted by Gasteiger charge is -2.06. The average Bonchev–Trinajstić information content (AvgIpc) is 2.18. The maximum Gasteiger partial charge on any atom is 0.412 e. The van der Waals surface area contributed by atoms with Crippen LogP contribution in [0.3, 0.4) is 0 Å². The molecule has 1 amide bonds. The quantitative estimate of drug-likeness (QED) is 0.572. The molecule has 0 unspecified atom stereocenters. The molecule has 79 valence electrons. The minimum absolute atomic E-state index is 0.0329. The highest BCUT2D eigenvalue weighted by Gasteiger charge is 2.06. The Bertz CT molecular complexity index is 375. The summed E-state index contributed by atoms with van der Waals surface area (Å²) in [5, 5.41) is 9.94. The number of alkyl carbamates (subject to hydrolysis) is 1. The summed E-state index contributed by atoms with van der Waals surface area (Å²) in [4.78, 5) is 11.0. The number of hydrogen-bond donors (Lipinski definition) is 2. The zero-order valence-corrected chi connectivity index (χ0v) is 8.76. The van der Waals surface area contributed by atoms with E-state index in [1.807, 2.05) is 6.92 Å². The van der Waals surface area contributed by atoms with Crippen LogP contribution >= 0.6 is 0 Å². The maximum absolute atomic E-state index is 11.0. The van der Waals surface area contributed by atoms with Crippen LogP contribution in [0.25, 0.3) is 0 Å². The van der Waals surface area contributed by atoms with Gasteiger partial charge in [-0.25, -0.2) is 4.79 Å². The summed E-state index contributed by atoms with van der Waals surface area (Å²) in [6.07, 6.45) is -0.604. The van der Waals surface area contributed by atoms with E-state index < -0.39 is 6.09 Å². The minimum Gasteiger partial charge on any atom is -0.450 e. The molecule has 1 radical (unpaired) electrons. The molecule has 0 atom stereocenters. The van der Waals surface area contributed by atoms with Gasteiger partial charge in [0.2, 0.25) is 0 Å². The number of benzene rings is 1. The molecule has 4 nitrogen and oxygen atoms in total. The van der Waals surface area contributed by atoms with Crippen molar-refractivity contribution in [3.8, 4) is 0 Å². The van der Waals surface area contributed by atoms with Gasteiger partial charge in [-0.05, 0) is 31.5 Å². The summed E-state index contributed by atoms with van der Waals surface area (Å²) in [6, 6.07) is 8.16. The van der Waals surface area contributed by atoms with Gasteiger partial charge in [-0.15, -0.1) is 0 Å². The molecule has 0 saturated heterocycles. The topological polar surface area (TPSA) is 62.2 Å². The van der Waals surface area contributed by atoms with E-state index in [1.54, 1.807) is 25.1 Å². The molecule has 4 heteroatoms. The molecular formula is C11H13N2O2. The van der Waals surface area contributed by atoms with Gasteiger partial charge in [0.25, 0.3) is 0 Å². The number of ether oxygens (including phenoxy) is 1. The summed E-state index contributed by atoms with van der Waals surface area (Å²) >= 11 is 0. The number of aryl methyl sites for hydroxylation is 1. The number of rotatable bonds is 2. The average molecular weight is 205 g/mol. The molecule has 0 aliphatic rings. The number of amides is 1. The predicted octanol–water partition coefficient (Wildman–Crippen LogP) is 1.87. The van der Waals surface area contributed by atoms with Crippen LogP contribution in [0.15, 0.2) is 18.2 Å². The molecule has 1 aromatic rings. The van der Waals surface area contributed by atoms with Crippen LogP contribution in [0.5, 0.6) is 0 Å². The zero-order valence-electron chi connectivity index (χ0n) is 8.76. The van der Waals surface area contributed by atoms with Gasteiger partial charge in [0.1, 0.15) is 5.84 Å². The Hall–Kier alpha value is -1.84. The molecule has 0 fully saturated rings. The first-order valence-electron chi connectivity index (χ1n) is 4.64. The summed E-state index contributed by atoms with van der Waals surface area (Å²) in [6.45, 7) is 3.88. The van der Waals surface area contributed by atoms with Crippen LogP contribution in [0.4, 0.5) is 4.79 Å². The summed E-state index contributed by atoms with van der Waals surface area (Å²) in [5.74, 6) is 0.0329. The second kappa shape index (κ2) is 5.14. The first-order valence-corrected chi connectivity index (χ1v) is 4.64. The lowest BCUT2D eigenvalue weighted by atomic mass is 10.1. The molecule has 0 aromatic heterocycles. The van der Waals surface area contributed by atoms with Crippen molar-refractivity contribution in [2.24, 2.45) is 0 Å².